The summed E-state index contributed by atoms with van der Waals surface area (Å²) in [6, 6.07) is 9.46. The number of amides is 1. The van der Waals surface area contributed by atoms with Crippen LogP contribution in [0.25, 0.3) is 0 Å². The maximum absolute atomic E-state index is 12.0. The molecule has 1 saturated carbocycles. The third-order valence-corrected chi connectivity index (χ3v) is 3.88. The van der Waals surface area contributed by atoms with Crippen LogP contribution in [0.3, 0.4) is 0 Å². The van der Waals surface area contributed by atoms with E-state index in [4.69, 9.17) is 4.74 Å². The van der Waals surface area contributed by atoms with Crippen LogP contribution >= 0.6 is 0 Å². The van der Waals surface area contributed by atoms with Crippen LogP contribution in [0.4, 0.5) is 5.69 Å². The monoisotopic (exact) mass is 292 g/mol. The van der Waals surface area contributed by atoms with Gasteiger partial charge in [0.15, 0.2) is 0 Å². The van der Waals surface area contributed by atoms with Gasteiger partial charge in [-0.15, -0.1) is 0 Å². The topological polar surface area (TPSA) is 70.6 Å². The number of hydrogen-bond acceptors (Lipinski definition) is 4. The van der Waals surface area contributed by atoms with Crippen molar-refractivity contribution in [3.05, 3.63) is 30.3 Å². The molecule has 1 aliphatic carbocycles. The van der Waals surface area contributed by atoms with Crippen LogP contribution in [-0.2, 0) is 9.53 Å². The zero-order valence-electron chi connectivity index (χ0n) is 12.4. The van der Waals surface area contributed by atoms with E-state index < -0.39 is 6.10 Å². The van der Waals surface area contributed by atoms with Crippen LogP contribution in [0.1, 0.15) is 32.6 Å². The smallest absolute Gasteiger partial charge is 0.238 e. The van der Waals surface area contributed by atoms with Gasteiger partial charge in [-0.25, -0.2) is 0 Å². The average Bonchev–Trinajstić information content (AvgIpc) is 2.50. The summed E-state index contributed by atoms with van der Waals surface area (Å²) in [5, 5.41) is 10.3. The van der Waals surface area contributed by atoms with Crippen molar-refractivity contribution in [2.24, 2.45) is 5.92 Å². The largest absolute Gasteiger partial charge is 0.390 e. The highest BCUT2D eigenvalue weighted by Crippen LogP contribution is 2.29. The summed E-state index contributed by atoms with van der Waals surface area (Å²) in [5.74, 6) is -0.145. The Morgan fingerprint density at radius 3 is 2.81 bits per heavy atom. The summed E-state index contributed by atoms with van der Waals surface area (Å²) in [7, 11) is 0. The number of aliphatic hydroxyl groups excluding tert-OH is 1. The van der Waals surface area contributed by atoms with Gasteiger partial charge in [0, 0.05) is 13.0 Å². The molecule has 0 saturated heterocycles. The highest BCUT2D eigenvalue weighted by Gasteiger charge is 2.33. The lowest BCUT2D eigenvalue weighted by molar-refractivity contribution is -0.126. The van der Waals surface area contributed by atoms with Gasteiger partial charge in [-0.05, 0) is 37.8 Å². The minimum Gasteiger partial charge on any atom is -0.390 e. The first-order valence-corrected chi connectivity index (χ1v) is 7.60. The van der Waals surface area contributed by atoms with Gasteiger partial charge in [-0.3, -0.25) is 15.6 Å². The van der Waals surface area contributed by atoms with Crippen molar-refractivity contribution in [1.82, 2.24) is 5.43 Å². The molecule has 1 amide bonds. The first-order valence-electron chi connectivity index (χ1n) is 7.60. The van der Waals surface area contributed by atoms with Crippen LogP contribution in [-0.4, -0.2) is 29.8 Å². The molecule has 0 aromatic heterocycles. The highest BCUT2D eigenvalue weighted by atomic mass is 16.5. The molecule has 2 rings (SSSR count). The van der Waals surface area contributed by atoms with Gasteiger partial charge in [0.1, 0.15) is 0 Å². The molecular formula is C16H24N2O3. The van der Waals surface area contributed by atoms with Crippen LogP contribution in [0.2, 0.25) is 0 Å². The van der Waals surface area contributed by atoms with E-state index in [2.05, 4.69) is 10.9 Å². The molecule has 1 fully saturated rings. The lowest BCUT2D eigenvalue weighted by Gasteiger charge is -2.34. The lowest BCUT2D eigenvalue weighted by atomic mass is 9.82. The van der Waals surface area contributed by atoms with Gasteiger partial charge in [0.2, 0.25) is 5.91 Å². The van der Waals surface area contributed by atoms with Gasteiger partial charge >= 0.3 is 0 Å². The molecule has 1 aromatic carbocycles. The first-order chi connectivity index (χ1) is 10.2. The van der Waals surface area contributed by atoms with Gasteiger partial charge < -0.3 is 9.84 Å². The molecule has 0 spiro atoms. The Hall–Kier alpha value is -1.59. The number of carbonyl (C=O) groups excluding carboxylic acids is 1. The third kappa shape index (κ3) is 4.72. The lowest BCUT2D eigenvalue weighted by Crippen LogP contribution is -2.42. The molecular weight excluding hydrogens is 268 g/mol. The number of nitrogens with one attached hydrogen (secondary N) is 2. The van der Waals surface area contributed by atoms with Gasteiger partial charge in [0.25, 0.3) is 0 Å². The van der Waals surface area contributed by atoms with E-state index in [1.54, 1.807) is 0 Å². The molecule has 3 N–H and O–H groups in total. The van der Waals surface area contributed by atoms with Crippen LogP contribution in [0.5, 0.6) is 0 Å². The average molecular weight is 292 g/mol. The van der Waals surface area contributed by atoms with Gasteiger partial charge in [0.05, 0.1) is 17.9 Å². The van der Waals surface area contributed by atoms with Crippen LogP contribution < -0.4 is 10.9 Å². The molecule has 5 heteroatoms. The summed E-state index contributed by atoms with van der Waals surface area (Å²) >= 11 is 0. The minimum absolute atomic E-state index is 0.0344. The molecule has 0 aliphatic heterocycles. The molecule has 116 valence electrons. The summed E-state index contributed by atoms with van der Waals surface area (Å²) < 4.78 is 5.54. The fraction of sp³-hybridized carbons (Fsp3) is 0.562. The molecule has 3 atom stereocenters. The van der Waals surface area contributed by atoms with E-state index in [-0.39, 0.29) is 17.9 Å². The van der Waals surface area contributed by atoms with Gasteiger partial charge in [-0.2, -0.15) is 0 Å². The number of aliphatic hydroxyl groups is 1. The van der Waals surface area contributed by atoms with Crippen molar-refractivity contribution < 1.29 is 14.6 Å². The Labute approximate surface area is 125 Å². The first kappa shape index (κ1) is 15.8. The van der Waals surface area contributed by atoms with Crippen LogP contribution in [0.15, 0.2) is 30.3 Å². The van der Waals surface area contributed by atoms with E-state index in [1.165, 1.54) is 0 Å². The van der Waals surface area contributed by atoms with Crippen molar-refractivity contribution in [3.63, 3.8) is 0 Å². The highest BCUT2D eigenvalue weighted by molar-refractivity contribution is 5.77. The second-order valence-electron chi connectivity index (χ2n) is 5.42. The van der Waals surface area contributed by atoms with Gasteiger partial charge in [-0.1, -0.05) is 24.6 Å². The second kappa shape index (κ2) is 8.00. The summed E-state index contributed by atoms with van der Waals surface area (Å²) in [6.07, 6.45) is 2.35. The number of para-hydroxylation sites is 1. The molecule has 0 unspecified atom stereocenters. The quantitative estimate of drug-likeness (QED) is 0.702. The number of anilines is 1. The normalized spacial score (nSPS) is 25.3. The summed E-state index contributed by atoms with van der Waals surface area (Å²) in [6.45, 7) is 2.52. The fourth-order valence-electron chi connectivity index (χ4n) is 2.80. The number of ether oxygens (including phenoxy) is 1. The Morgan fingerprint density at radius 1 is 1.33 bits per heavy atom. The zero-order chi connectivity index (χ0) is 15.1. The molecule has 1 aromatic rings. The Balaban J connectivity index is 1.79. The van der Waals surface area contributed by atoms with E-state index in [9.17, 15) is 9.90 Å². The SMILES string of the molecule is CCO[C@@H]1CCC[C@H](CC(=O)NNc2ccccc2)[C@H]1O. The molecule has 0 radical (unpaired) electrons. The standard InChI is InChI=1S/C16H24N2O3/c1-2-21-14-10-6-7-12(16(14)20)11-15(19)18-17-13-8-4-3-5-9-13/h3-5,8-9,12,14,16-17,20H,2,6-7,10-11H2,1H3,(H,18,19)/t12-,14-,16-/m1/s1. The van der Waals surface area contributed by atoms with Crippen molar-refractivity contribution in [1.29, 1.82) is 0 Å². The number of hydrazine groups is 1. The molecule has 0 heterocycles. The summed E-state index contributed by atoms with van der Waals surface area (Å²) in [4.78, 5) is 12.0. The number of carbonyl (C=O) groups is 1. The van der Waals surface area contributed by atoms with Crippen molar-refractivity contribution >= 4 is 11.6 Å². The van der Waals surface area contributed by atoms with Crippen molar-refractivity contribution in [2.75, 3.05) is 12.0 Å². The fourth-order valence-corrected chi connectivity index (χ4v) is 2.80. The van der Waals surface area contributed by atoms with Crippen molar-refractivity contribution in [2.45, 2.75) is 44.8 Å². The van der Waals surface area contributed by atoms with E-state index in [0.717, 1.165) is 24.9 Å². The molecule has 21 heavy (non-hydrogen) atoms. The molecule has 1 aliphatic rings. The molecule has 0 bridgehead atoms. The zero-order valence-corrected chi connectivity index (χ0v) is 12.4. The minimum atomic E-state index is -0.554. The number of hydrogen-bond donors (Lipinski definition) is 3. The van der Waals surface area contributed by atoms with E-state index in [0.29, 0.717) is 13.0 Å². The maximum Gasteiger partial charge on any atom is 0.238 e. The predicted molar refractivity (Wildman–Crippen MR) is 81.6 cm³/mol. The Bertz CT molecular complexity index is 436. The van der Waals surface area contributed by atoms with E-state index >= 15 is 0 Å². The van der Waals surface area contributed by atoms with E-state index in [1.807, 2.05) is 37.3 Å². The maximum atomic E-state index is 12.0. The predicted octanol–water partition coefficient (Wildman–Crippen LogP) is 2.09. The number of rotatable bonds is 6. The Morgan fingerprint density at radius 2 is 2.10 bits per heavy atom. The van der Waals surface area contributed by atoms with Crippen molar-refractivity contribution in [3.8, 4) is 0 Å². The number of benzene rings is 1. The summed E-state index contributed by atoms with van der Waals surface area (Å²) in [5.41, 5.74) is 6.38. The second-order valence-corrected chi connectivity index (χ2v) is 5.42. The van der Waals surface area contributed by atoms with Crippen LogP contribution in [0, 0.1) is 5.92 Å². The third-order valence-electron chi connectivity index (χ3n) is 3.88. The molecule has 5 nitrogen and oxygen atoms in total. The Kier molecular flexibility index (Phi) is 6.02.